The first-order valence-corrected chi connectivity index (χ1v) is 7.51. The van der Waals surface area contributed by atoms with Crippen molar-refractivity contribution in [2.45, 2.75) is 30.1 Å². The van der Waals surface area contributed by atoms with Gasteiger partial charge in [-0.15, -0.1) is 0 Å². The minimum atomic E-state index is 0.349. The third-order valence-corrected chi connectivity index (χ3v) is 3.82. The Labute approximate surface area is 126 Å². The highest BCUT2D eigenvalue weighted by molar-refractivity contribution is 7.99. The molecule has 0 unspecified atom stereocenters. The molecule has 1 aliphatic rings. The number of aromatic nitrogens is 5. The lowest BCUT2D eigenvalue weighted by atomic mass is 10.4. The van der Waals surface area contributed by atoms with Gasteiger partial charge in [0, 0.05) is 25.0 Å². The van der Waals surface area contributed by atoms with E-state index in [1.807, 2.05) is 13.0 Å². The first-order valence-electron chi connectivity index (χ1n) is 6.70. The van der Waals surface area contributed by atoms with E-state index in [-0.39, 0.29) is 0 Å². The van der Waals surface area contributed by atoms with E-state index in [0.717, 1.165) is 31.6 Å². The molecule has 0 bridgehead atoms. The lowest BCUT2D eigenvalue weighted by Gasteiger charge is -2.15. The molecule has 0 amide bonds. The number of rotatable bonds is 4. The smallest absolute Gasteiger partial charge is 0.242 e. The van der Waals surface area contributed by atoms with Crippen molar-refractivity contribution in [1.29, 1.82) is 0 Å². The van der Waals surface area contributed by atoms with Crippen LogP contribution in [0.3, 0.4) is 0 Å². The molecular weight excluding hydrogens is 288 g/mol. The van der Waals surface area contributed by atoms with Crippen molar-refractivity contribution in [3.8, 4) is 0 Å². The number of hydrogen-bond acceptors (Lipinski definition) is 9. The summed E-state index contributed by atoms with van der Waals surface area (Å²) in [4.78, 5) is 23.7. The van der Waals surface area contributed by atoms with Gasteiger partial charge in [-0.1, -0.05) is 0 Å². The second-order valence-corrected chi connectivity index (χ2v) is 5.60. The van der Waals surface area contributed by atoms with Crippen LogP contribution in [0.2, 0.25) is 0 Å². The fourth-order valence-corrected chi connectivity index (χ4v) is 2.80. The van der Waals surface area contributed by atoms with Crippen LogP contribution in [0.1, 0.15) is 18.5 Å². The molecule has 0 saturated carbocycles. The molecule has 110 valence electrons. The summed E-state index contributed by atoms with van der Waals surface area (Å²) in [6.07, 6.45) is 4.02. The van der Waals surface area contributed by atoms with Crippen molar-refractivity contribution in [2.75, 3.05) is 23.4 Å². The summed E-state index contributed by atoms with van der Waals surface area (Å²) >= 11 is 1.30. The molecule has 1 fully saturated rings. The van der Waals surface area contributed by atoms with Crippen LogP contribution in [0.4, 0.5) is 11.9 Å². The monoisotopic (exact) mass is 304 g/mol. The standard InChI is InChI=1S/C12H16N8S/c1-8-4-5-14-11(15-8)21-12-17-9(19-13)16-10(18-12)20-6-2-3-7-20/h4-5H,2-3,6-7,13H2,1H3,(H,16,17,18,19). The Hall–Kier alpha value is -2.00. The van der Waals surface area contributed by atoms with E-state index in [2.05, 4.69) is 35.2 Å². The van der Waals surface area contributed by atoms with Crippen LogP contribution >= 0.6 is 11.8 Å². The highest BCUT2D eigenvalue weighted by Crippen LogP contribution is 2.24. The van der Waals surface area contributed by atoms with E-state index in [9.17, 15) is 0 Å². The zero-order valence-corrected chi connectivity index (χ0v) is 12.5. The molecule has 2 aromatic rings. The van der Waals surface area contributed by atoms with Gasteiger partial charge in [-0.2, -0.15) is 15.0 Å². The van der Waals surface area contributed by atoms with Crippen LogP contribution in [-0.4, -0.2) is 38.0 Å². The van der Waals surface area contributed by atoms with Gasteiger partial charge in [0.1, 0.15) is 0 Å². The lowest BCUT2D eigenvalue weighted by molar-refractivity contribution is 0.822. The Morgan fingerprint density at radius 2 is 1.95 bits per heavy atom. The maximum Gasteiger partial charge on any atom is 0.242 e. The molecule has 9 heteroatoms. The van der Waals surface area contributed by atoms with E-state index in [1.54, 1.807) is 6.20 Å². The molecule has 3 N–H and O–H groups in total. The minimum Gasteiger partial charge on any atom is -0.341 e. The van der Waals surface area contributed by atoms with Crippen molar-refractivity contribution < 1.29 is 0 Å². The van der Waals surface area contributed by atoms with Gasteiger partial charge < -0.3 is 4.90 Å². The molecule has 3 rings (SSSR count). The highest BCUT2D eigenvalue weighted by atomic mass is 32.2. The fourth-order valence-electron chi connectivity index (χ4n) is 2.07. The number of nitrogens with one attached hydrogen (secondary N) is 1. The zero-order chi connectivity index (χ0) is 14.7. The maximum absolute atomic E-state index is 5.44. The quantitative estimate of drug-likeness (QED) is 0.486. The van der Waals surface area contributed by atoms with Crippen molar-refractivity contribution >= 4 is 23.7 Å². The van der Waals surface area contributed by atoms with Gasteiger partial charge in [-0.3, -0.25) is 5.43 Å². The van der Waals surface area contributed by atoms with Crippen LogP contribution in [0.5, 0.6) is 0 Å². The van der Waals surface area contributed by atoms with Crippen molar-refractivity contribution in [3.05, 3.63) is 18.0 Å². The molecule has 0 atom stereocenters. The van der Waals surface area contributed by atoms with E-state index in [1.165, 1.54) is 11.8 Å². The Bertz CT molecular complexity index is 628. The van der Waals surface area contributed by atoms with Gasteiger partial charge in [-0.25, -0.2) is 15.8 Å². The predicted octanol–water partition coefficient (Wildman–Crippen LogP) is 1.01. The molecule has 1 saturated heterocycles. The average Bonchev–Trinajstić information content (AvgIpc) is 3.01. The third kappa shape index (κ3) is 3.37. The second kappa shape index (κ2) is 6.19. The number of nitrogens with zero attached hydrogens (tertiary/aromatic N) is 6. The van der Waals surface area contributed by atoms with Crippen molar-refractivity contribution in [3.63, 3.8) is 0 Å². The number of aryl methyl sites for hydroxylation is 1. The lowest BCUT2D eigenvalue weighted by Crippen LogP contribution is -2.22. The summed E-state index contributed by atoms with van der Waals surface area (Å²) in [5.41, 5.74) is 3.39. The molecule has 1 aliphatic heterocycles. The van der Waals surface area contributed by atoms with E-state index >= 15 is 0 Å². The number of hydrazine groups is 1. The van der Waals surface area contributed by atoms with E-state index < -0.39 is 0 Å². The predicted molar refractivity (Wildman–Crippen MR) is 80.0 cm³/mol. The van der Waals surface area contributed by atoms with Gasteiger partial charge in [0.05, 0.1) is 0 Å². The summed E-state index contributed by atoms with van der Waals surface area (Å²) in [7, 11) is 0. The second-order valence-electron chi connectivity index (χ2n) is 4.66. The number of hydrogen-bond donors (Lipinski definition) is 2. The van der Waals surface area contributed by atoms with Gasteiger partial charge >= 0.3 is 0 Å². The van der Waals surface area contributed by atoms with Crippen molar-refractivity contribution in [2.24, 2.45) is 5.84 Å². The first-order chi connectivity index (χ1) is 10.2. The Morgan fingerprint density at radius 3 is 2.67 bits per heavy atom. The van der Waals surface area contributed by atoms with E-state index in [4.69, 9.17) is 5.84 Å². The molecule has 8 nitrogen and oxygen atoms in total. The van der Waals surface area contributed by atoms with Gasteiger partial charge in [0.15, 0.2) is 5.16 Å². The molecule has 0 aromatic carbocycles. The molecule has 2 aromatic heterocycles. The molecule has 0 aliphatic carbocycles. The van der Waals surface area contributed by atoms with Crippen molar-refractivity contribution in [1.82, 2.24) is 24.9 Å². The third-order valence-electron chi connectivity index (χ3n) is 3.08. The normalized spacial score (nSPS) is 14.5. The SMILES string of the molecule is Cc1ccnc(Sc2nc(NN)nc(N3CCCC3)n2)n1. The fraction of sp³-hybridized carbons (Fsp3) is 0.417. The van der Waals surface area contributed by atoms with Gasteiger partial charge in [0.2, 0.25) is 17.1 Å². The summed E-state index contributed by atoms with van der Waals surface area (Å²) < 4.78 is 0. The summed E-state index contributed by atoms with van der Waals surface area (Å²) in [5, 5.41) is 1.14. The maximum atomic E-state index is 5.44. The minimum absolute atomic E-state index is 0.349. The number of nitrogen functional groups attached to an aromatic ring is 1. The van der Waals surface area contributed by atoms with Crippen LogP contribution in [0, 0.1) is 6.92 Å². The highest BCUT2D eigenvalue weighted by Gasteiger charge is 2.18. The Morgan fingerprint density at radius 1 is 1.14 bits per heavy atom. The molecular formula is C12H16N8S. The van der Waals surface area contributed by atoms with Crippen LogP contribution < -0.4 is 16.2 Å². The molecule has 3 heterocycles. The molecule has 21 heavy (non-hydrogen) atoms. The molecule has 0 radical (unpaired) electrons. The zero-order valence-electron chi connectivity index (χ0n) is 11.7. The van der Waals surface area contributed by atoms with E-state index in [0.29, 0.717) is 22.2 Å². The summed E-state index contributed by atoms with van der Waals surface area (Å²) in [5.74, 6) is 6.44. The Balaban J connectivity index is 1.88. The van der Waals surface area contributed by atoms with Gasteiger partial charge in [0.25, 0.3) is 0 Å². The number of nitrogens with two attached hydrogens (primary N) is 1. The van der Waals surface area contributed by atoms with Gasteiger partial charge in [-0.05, 0) is 37.6 Å². The number of anilines is 2. The first kappa shape index (κ1) is 14.0. The largest absolute Gasteiger partial charge is 0.341 e. The topological polar surface area (TPSA) is 106 Å². The summed E-state index contributed by atoms with van der Waals surface area (Å²) in [6, 6.07) is 1.85. The summed E-state index contributed by atoms with van der Waals surface area (Å²) in [6.45, 7) is 3.83. The van der Waals surface area contributed by atoms with Crippen LogP contribution in [0.15, 0.2) is 22.6 Å². The average molecular weight is 304 g/mol. The van der Waals surface area contributed by atoms with Crippen LogP contribution in [-0.2, 0) is 0 Å². The molecule has 0 spiro atoms. The van der Waals surface area contributed by atoms with Crippen LogP contribution in [0.25, 0.3) is 0 Å². The Kier molecular flexibility index (Phi) is 4.11.